The van der Waals surface area contributed by atoms with Crippen molar-refractivity contribution < 1.29 is 9.13 Å². The van der Waals surface area contributed by atoms with E-state index in [2.05, 4.69) is 15.6 Å². The number of aromatic nitrogens is 3. The first-order valence-corrected chi connectivity index (χ1v) is 6.56. The quantitative estimate of drug-likeness (QED) is 0.876. The molecule has 6 heteroatoms. The molecule has 0 saturated heterocycles. The smallest absolute Gasteiger partial charge is 0.131 e. The van der Waals surface area contributed by atoms with Crippen molar-refractivity contribution in [3.63, 3.8) is 0 Å². The summed E-state index contributed by atoms with van der Waals surface area (Å²) in [5.74, 6) is 0.236. The topological polar surface area (TPSA) is 52.0 Å². The van der Waals surface area contributed by atoms with E-state index in [0.29, 0.717) is 17.7 Å². The molecule has 1 aromatic carbocycles. The van der Waals surface area contributed by atoms with Crippen molar-refractivity contribution in [1.29, 1.82) is 0 Å². The van der Waals surface area contributed by atoms with Gasteiger partial charge in [-0.25, -0.2) is 4.39 Å². The second-order valence-electron chi connectivity index (χ2n) is 4.59. The van der Waals surface area contributed by atoms with Crippen LogP contribution in [-0.4, -0.2) is 28.6 Å². The molecule has 0 aliphatic heterocycles. The molecule has 1 unspecified atom stereocenters. The highest BCUT2D eigenvalue weighted by Gasteiger charge is 2.17. The van der Waals surface area contributed by atoms with Gasteiger partial charge in [-0.3, -0.25) is 4.68 Å². The van der Waals surface area contributed by atoms with Crippen LogP contribution in [0.25, 0.3) is 0 Å². The summed E-state index contributed by atoms with van der Waals surface area (Å²) >= 11 is 0. The van der Waals surface area contributed by atoms with Crippen LogP contribution in [0.3, 0.4) is 0 Å². The van der Waals surface area contributed by atoms with E-state index in [1.165, 1.54) is 13.2 Å². The maximum absolute atomic E-state index is 14.2. The first-order valence-electron chi connectivity index (χ1n) is 6.56. The Hall–Kier alpha value is -1.95. The number of benzene rings is 1. The van der Waals surface area contributed by atoms with E-state index in [9.17, 15) is 4.39 Å². The van der Waals surface area contributed by atoms with Gasteiger partial charge in [0.05, 0.1) is 12.8 Å². The summed E-state index contributed by atoms with van der Waals surface area (Å²) in [6, 6.07) is 4.77. The monoisotopic (exact) mass is 278 g/mol. The van der Waals surface area contributed by atoms with Crippen LogP contribution in [0, 0.1) is 5.82 Å². The van der Waals surface area contributed by atoms with E-state index < -0.39 is 0 Å². The lowest BCUT2D eigenvalue weighted by Gasteiger charge is -2.18. The molecule has 1 atom stereocenters. The molecule has 2 rings (SSSR count). The van der Waals surface area contributed by atoms with E-state index >= 15 is 0 Å². The van der Waals surface area contributed by atoms with Crippen molar-refractivity contribution in [2.75, 3.05) is 13.7 Å². The molecule has 0 amide bonds. The third-order valence-electron chi connectivity index (χ3n) is 3.10. The lowest BCUT2D eigenvalue weighted by Crippen LogP contribution is -2.24. The van der Waals surface area contributed by atoms with Crippen molar-refractivity contribution in [3.05, 3.63) is 41.5 Å². The molecule has 1 N–H and O–H groups in total. The summed E-state index contributed by atoms with van der Waals surface area (Å²) in [7, 11) is 3.34. The van der Waals surface area contributed by atoms with E-state index in [-0.39, 0.29) is 11.9 Å². The number of nitrogens with one attached hydrogen (secondary N) is 1. The first kappa shape index (κ1) is 14.5. The predicted molar refractivity (Wildman–Crippen MR) is 74.1 cm³/mol. The molecule has 0 aliphatic rings. The summed E-state index contributed by atoms with van der Waals surface area (Å²) in [6.45, 7) is 2.74. The SMILES string of the molecule is CCNC(Cc1cn(C)nn1)c1ccc(OC)cc1F. The number of ether oxygens (including phenoxy) is 1. The predicted octanol–water partition coefficient (Wildman–Crippen LogP) is 1.86. The number of halogens is 1. The van der Waals surface area contributed by atoms with Gasteiger partial charge in [0.2, 0.25) is 0 Å². The summed E-state index contributed by atoms with van der Waals surface area (Å²) in [5.41, 5.74) is 1.44. The van der Waals surface area contributed by atoms with Crippen LogP contribution >= 0.6 is 0 Å². The van der Waals surface area contributed by atoms with Gasteiger partial charge in [0, 0.05) is 37.3 Å². The molecule has 1 heterocycles. The number of aryl methyl sites for hydroxylation is 1. The molecule has 108 valence electrons. The number of nitrogens with zero attached hydrogens (tertiary/aromatic N) is 3. The zero-order chi connectivity index (χ0) is 14.5. The van der Waals surface area contributed by atoms with Gasteiger partial charge in [0.15, 0.2) is 0 Å². The van der Waals surface area contributed by atoms with Gasteiger partial charge >= 0.3 is 0 Å². The van der Waals surface area contributed by atoms with Crippen LogP contribution in [0.2, 0.25) is 0 Å². The Kier molecular flexibility index (Phi) is 4.68. The highest BCUT2D eigenvalue weighted by atomic mass is 19.1. The molecule has 20 heavy (non-hydrogen) atoms. The Morgan fingerprint density at radius 1 is 1.45 bits per heavy atom. The van der Waals surface area contributed by atoms with Crippen LogP contribution in [0.4, 0.5) is 4.39 Å². The van der Waals surface area contributed by atoms with Gasteiger partial charge in [-0.2, -0.15) is 0 Å². The van der Waals surface area contributed by atoms with E-state index in [1.54, 1.807) is 16.8 Å². The lowest BCUT2D eigenvalue weighted by atomic mass is 10.0. The molecule has 5 nitrogen and oxygen atoms in total. The van der Waals surface area contributed by atoms with Gasteiger partial charge in [0.1, 0.15) is 11.6 Å². The fourth-order valence-corrected chi connectivity index (χ4v) is 2.15. The second-order valence-corrected chi connectivity index (χ2v) is 4.59. The summed E-state index contributed by atoms with van der Waals surface area (Å²) in [6.07, 6.45) is 2.43. The summed E-state index contributed by atoms with van der Waals surface area (Å²) < 4.78 is 20.8. The van der Waals surface area contributed by atoms with Crippen molar-refractivity contribution >= 4 is 0 Å². The third kappa shape index (κ3) is 3.33. The number of likely N-dealkylation sites (N-methyl/N-ethyl adjacent to an activating group) is 1. The van der Waals surface area contributed by atoms with Crippen LogP contribution in [-0.2, 0) is 13.5 Å². The molecular weight excluding hydrogens is 259 g/mol. The molecule has 0 radical (unpaired) electrons. The Morgan fingerprint density at radius 2 is 2.25 bits per heavy atom. The minimum absolute atomic E-state index is 0.136. The van der Waals surface area contributed by atoms with E-state index in [1.807, 2.05) is 20.2 Å². The number of methoxy groups -OCH3 is 1. The van der Waals surface area contributed by atoms with Gasteiger partial charge < -0.3 is 10.1 Å². The first-order chi connectivity index (χ1) is 9.63. The highest BCUT2D eigenvalue weighted by molar-refractivity contribution is 5.31. The average molecular weight is 278 g/mol. The molecular formula is C14H19FN4O. The molecule has 2 aromatic rings. The van der Waals surface area contributed by atoms with Crippen LogP contribution in [0.15, 0.2) is 24.4 Å². The Morgan fingerprint density at radius 3 is 2.80 bits per heavy atom. The Labute approximate surface area is 117 Å². The average Bonchev–Trinajstić information content (AvgIpc) is 2.83. The number of hydrogen-bond acceptors (Lipinski definition) is 4. The molecule has 0 spiro atoms. The molecule has 0 aliphatic carbocycles. The van der Waals surface area contributed by atoms with Gasteiger partial charge in [0.25, 0.3) is 0 Å². The normalized spacial score (nSPS) is 12.4. The van der Waals surface area contributed by atoms with E-state index in [4.69, 9.17) is 4.74 Å². The molecule has 0 fully saturated rings. The van der Waals surface area contributed by atoms with Crippen LogP contribution in [0.1, 0.15) is 24.2 Å². The number of hydrogen-bond donors (Lipinski definition) is 1. The van der Waals surface area contributed by atoms with Gasteiger partial charge in [-0.1, -0.05) is 18.2 Å². The highest BCUT2D eigenvalue weighted by Crippen LogP contribution is 2.24. The summed E-state index contributed by atoms with van der Waals surface area (Å²) in [4.78, 5) is 0. The van der Waals surface area contributed by atoms with Gasteiger partial charge in [-0.15, -0.1) is 5.10 Å². The lowest BCUT2D eigenvalue weighted by molar-refractivity contribution is 0.409. The fourth-order valence-electron chi connectivity index (χ4n) is 2.15. The Balaban J connectivity index is 2.23. The maximum atomic E-state index is 14.2. The standard InChI is InChI=1S/C14H19FN4O/c1-4-16-14(7-10-9-19(2)18-17-10)12-6-5-11(20-3)8-13(12)15/h5-6,8-9,14,16H,4,7H2,1-3H3. The minimum Gasteiger partial charge on any atom is -0.497 e. The summed E-state index contributed by atoms with van der Waals surface area (Å²) in [5, 5.41) is 11.2. The minimum atomic E-state index is -0.279. The largest absolute Gasteiger partial charge is 0.497 e. The number of rotatable bonds is 6. The third-order valence-corrected chi connectivity index (χ3v) is 3.10. The molecule has 1 aromatic heterocycles. The molecule has 0 bridgehead atoms. The van der Waals surface area contributed by atoms with E-state index in [0.717, 1.165) is 12.2 Å². The zero-order valence-corrected chi connectivity index (χ0v) is 11.9. The van der Waals surface area contributed by atoms with Crippen molar-refractivity contribution in [3.8, 4) is 5.75 Å². The van der Waals surface area contributed by atoms with Crippen LogP contribution < -0.4 is 10.1 Å². The second kappa shape index (κ2) is 6.47. The van der Waals surface area contributed by atoms with Crippen molar-refractivity contribution in [1.82, 2.24) is 20.3 Å². The Bertz CT molecular complexity index is 570. The fraction of sp³-hybridized carbons (Fsp3) is 0.429. The van der Waals surface area contributed by atoms with Crippen LogP contribution in [0.5, 0.6) is 5.75 Å². The maximum Gasteiger partial charge on any atom is 0.131 e. The zero-order valence-electron chi connectivity index (χ0n) is 11.9. The van der Waals surface area contributed by atoms with Gasteiger partial charge in [-0.05, 0) is 12.6 Å². The van der Waals surface area contributed by atoms with Crippen molar-refractivity contribution in [2.24, 2.45) is 7.05 Å². The molecule has 0 saturated carbocycles. The van der Waals surface area contributed by atoms with Crippen molar-refractivity contribution in [2.45, 2.75) is 19.4 Å².